The van der Waals surface area contributed by atoms with E-state index in [1.165, 1.54) is 0 Å². The fourth-order valence-electron chi connectivity index (χ4n) is 2.13. The number of nitrogens with two attached hydrogens (primary N) is 1. The molecule has 0 radical (unpaired) electrons. The van der Waals surface area contributed by atoms with E-state index in [-0.39, 0.29) is 5.91 Å². The van der Waals surface area contributed by atoms with Crippen LogP contribution in [0.25, 0.3) is 0 Å². The van der Waals surface area contributed by atoms with Gasteiger partial charge in [-0.2, -0.15) is 0 Å². The highest BCUT2D eigenvalue weighted by molar-refractivity contribution is 6.36. The van der Waals surface area contributed by atoms with E-state index in [0.29, 0.717) is 35.9 Å². The van der Waals surface area contributed by atoms with Crippen molar-refractivity contribution in [2.45, 2.75) is 13.1 Å². The number of fused-ring (bicyclic) bond motifs is 1. The van der Waals surface area contributed by atoms with E-state index in [0.717, 1.165) is 5.82 Å². The molecule has 1 amide bonds. The molecule has 7 heteroatoms. The summed E-state index contributed by atoms with van der Waals surface area (Å²) in [5, 5.41) is 8.12. The van der Waals surface area contributed by atoms with Crippen molar-refractivity contribution >= 4 is 23.2 Å². The van der Waals surface area contributed by atoms with Gasteiger partial charge in [0.1, 0.15) is 6.33 Å². The van der Waals surface area contributed by atoms with Crippen LogP contribution < -0.4 is 5.73 Å². The third kappa shape index (κ3) is 2.04. The Bertz CT molecular complexity index is 639. The van der Waals surface area contributed by atoms with Crippen LogP contribution in [0.15, 0.2) is 24.5 Å². The van der Waals surface area contributed by atoms with Crippen LogP contribution in [0.1, 0.15) is 16.2 Å². The van der Waals surface area contributed by atoms with Gasteiger partial charge in [-0.15, -0.1) is 10.2 Å². The van der Waals surface area contributed by atoms with Crippen LogP contribution in [0.3, 0.4) is 0 Å². The van der Waals surface area contributed by atoms with E-state index in [2.05, 4.69) is 10.2 Å². The van der Waals surface area contributed by atoms with E-state index < -0.39 is 0 Å². The molecule has 1 aliphatic rings. The Labute approximate surface area is 114 Å². The lowest BCUT2D eigenvalue weighted by Crippen LogP contribution is -2.38. The van der Waals surface area contributed by atoms with Gasteiger partial charge in [-0.25, -0.2) is 0 Å². The third-order valence-electron chi connectivity index (χ3n) is 3.19. The van der Waals surface area contributed by atoms with Gasteiger partial charge in [-0.05, 0) is 12.1 Å². The van der Waals surface area contributed by atoms with Crippen LogP contribution in [0.4, 0.5) is 5.69 Å². The predicted octanol–water partition coefficient (Wildman–Crippen LogP) is 1.17. The highest BCUT2D eigenvalue weighted by atomic mass is 35.5. The Morgan fingerprint density at radius 1 is 1.37 bits per heavy atom. The molecule has 3 rings (SSSR count). The summed E-state index contributed by atoms with van der Waals surface area (Å²) in [6.07, 6.45) is 1.67. The lowest BCUT2D eigenvalue weighted by atomic mass is 10.1. The van der Waals surface area contributed by atoms with Gasteiger partial charge in [-0.3, -0.25) is 4.79 Å². The number of nitrogen functional groups attached to an aromatic ring is 1. The van der Waals surface area contributed by atoms with Gasteiger partial charge < -0.3 is 15.2 Å². The fraction of sp³-hybridized carbons (Fsp3) is 0.250. The lowest BCUT2D eigenvalue weighted by Gasteiger charge is -2.27. The third-order valence-corrected chi connectivity index (χ3v) is 3.61. The van der Waals surface area contributed by atoms with Gasteiger partial charge in [0.25, 0.3) is 5.91 Å². The summed E-state index contributed by atoms with van der Waals surface area (Å²) >= 11 is 6.08. The molecule has 0 unspecified atom stereocenters. The first kappa shape index (κ1) is 12.0. The predicted molar refractivity (Wildman–Crippen MR) is 70.6 cm³/mol. The molecule has 0 saturated carbocycles. The highest BCUT2D eigenvalue weighted by Crippen LogP contribution is 2.25. The summed E-state index contributed by atoms with van der Waals surface area (Å²) in [5.74, 6) is 0.645. The second-order valence-corrected chi connectivity index (χ2v) is 4.75. The van der Waals surface area contributed by atoms with E-state index in [4.69, 9.17) is 17.3 Å². The zero-order chi connectivity index (χ0) is 13.4. The molecule has 0 bridgehead atoms. The molecule has 2 heterocycles. The van der Waals surface area contributed by atoms with Gasteiger partial charge in [0.2, 0.25) is 0 Å². The van der Waals surface area contributed by atoms with Crippen molar-refractivity contribution in [1.82, 2.24) is 19.7 Å². The molecule has 6 nitrogen and oxygen atoms in total. The standard InChI is InChI=1S/C12H12ClN5O/c13-11-8(2-1-3-9(11)14)12(19)17-4-5-18-7-15-16-10(18)6-17/h1-3,7H,4-6,14H2. The van der Waals surface area contributed by atoms with Gasteiger partial charge in [0.15, 0.2) is 5.82 Å². The second-order valence-electron chi connectivity index (χ2n) is 4.38. The molecule has 0 saturated heterocycles. The molecule has 2 aromatic rings. The number of hydrogen-bond donors (Lipinski definition) is 1. The van der Waals surface area contributed by atoms with Crippen molar-refractivity contribution in [1.29, 1.82) is 0 Å². The van der Waals surface area contributed by atoms with Crippen LogP contribution in [0.2, 0.25) is 5.02 Å². The molecule has 1 aliphatic heterocycles. The summed E-state index contributed by atoms with van der Waals surface area (Å²) in [7, 11) is 0. The average Bonchev–Trinajstić information content (AvgIpc) is 2.88. The van der Waals surface area contributed by atoms with E-state index in [1.54, 1.807) is 29.4 Å². The van der Waals surface area contributed by atoms with E-state index in [9.17, 15) is 4.79 Å². The smallest absolute Gasteiger partial charge is 0.255 e. The number of carbonyl (C=O) groups excluding carboxylic acids is 1. The number of carbonyl (C=O) groups is 1. The molecule has 0 spiro atoms. The lowest BCUT2D eigenvalue weighted by molar-refractivity contribution is 0.0707. The van der Waals surface area contributed by atoms with Crippen LogP contribution >= 0.6 is 11.6 Å². The maximum Gasteiger partial charge on any atom is 0.255 e. The number of anilines is 1. The Balaban J connectivity index is 1.88. The zero-order valence-corrected chi connectivity index (χ0v) is 10.8. The summed E-state index contributed by atoms with van der Waals surface area (Å²) in [5.41, 5.74) is 6.55. The van der Waals surface area contributed by atoms with Crippen molar-refractivity contribution in [3.8, 4) is 0 Å². The molecule has 0 atom stereocenters. The Morgan fingerprint density at radius 2 is 2.21 bits per heavy atom. The zero-order valence-electron chi connectivity index (χ0n) is 10.1. The van der Waals surface area contributed by atoms with E-state index in [1.807, 2.05) is 4.57 Å². The maximum absolute atomic E-state index is 12.4. The Hall–Kier alpha value is -2.08. The fourth-order valence-corrected chi connectivity index (χ4v) is 2.33. The second kappa shape index (κ2) is 4.55. The van der Waals surface area contributed by atoms with Crippen molar-refractivity contribution in [2.75, 3.05) is 12.3 Å². The Morgan fingerprint density at radius 3 is 3.05 bits per heavy atom. The first-order valence-corrected chi connectivity index (χ1v) is 6.24. The monoisotopic (exact) mass is 277 g/mol. The minimum Gasteiger partial charge on any atom is -0.398 e. The summed E-state index contributed by atoms with van der Waals surface area (Å²) in [6, 6.07) is 5.08. The Kier molecular flexibility index (Phi) is 2.87. The minimum atomic E-state index is -0.133. The molecular formula is C12H12ClN5O. The summed E-state index contributed by atoms with van der Waals surface area (Å²) < 4.78 is 1.94. The molecule has 0 fully saturated rings. The van der Waals surface area contributed by atoms with Crippen LogP contribution in [-0.4, -0.2) is 32.1 Å². The molecule has 0 aliphatic carbocycles. The van der Waals surface area contributed by atoms with Gasteiger partial charge in [0.05, 0.1) is 22.8 Å². The van der Waals surface area contributed by atoms with Gasteiger partial charge in [0, 0.05) is 13.1 Å². The van der Waals surface area contributed by atoms with E-state index >= 15 is 0 Å². The van der Waals surface area contributed by atoms with Gasteiger partial charge in [-0.1, -0.05) is 17.7 Å². The normalized spacial score (nSPS) is 14.3. The summed E-state index contributed by atoms with van der Waals surface area (Å²) in [4.78, 5) is 14.1. The van der Waals surface area contributed by atoms with Crippen molar-refractivity contribution < 1.29 is 4.79 Å². The SMILES string of the molecule is Nc1cccc(C(=O)N2CCn3cnnc3C2)c1Cl. The maximum atomic E-state index is 12.4. The average molecular weight is 278 g/mol. The largest absolute Gasteiger partial charge is 0.398 e. The topological polar surface area (TPSA) is 77.0 Å². The minimum absolute atomic E-state index is 0.133. The van der Waals surface area contributed by atoms with Crippen molar-refractivity contribution in [3.63, 3.8) is 0 Å². The number of nitrogens with zero attached hydrogens (tertiary/aromatic N) is 4. The molecule has 98 valence electrons. The van der Waals surface area contributed by atoms with Crippen LogP contribution in [-0.2, 0) is 13.1 Å². The molecule has 1 aromatic carbocycles. The molecule has 2 N–H and O–H groups in total. The first-order chi connectivity index (χ1) is 9.16. The van der Waals surface area contributed by atoms with Gasteiger partial charge >= 0.3 is 0 Å². The number of aromatic nitrogens is 3. The number of halogens is 1. The number of hydrogen-bond acceptors (Lipinski definition) is 4. The highest BCUT2D eigenvalue weighted by Gasteiger charge is 2.24. The molecule has 1 aromatic heterocycles. The van der Waals surface area contributed by atoms with Crippen molar-refractivity contribution in [3.05, 3.63) is 40.9 Å². The number of benzene rings is 1. The molecular weight excluding hydrogens is 266 g/mol. The van der Waals surface area contributed by atoms with Crippen LogP contribution in [0, 0.1) is 0 Å². The first-order valence-electron chi connectivity index (χ1n) is 5.87. The van der Waals surface area contributed by atoms with Crippen molar-refractivity contribution in [2.24, 2.45) is 0 Å². The summed E-state index contributed by atoms with van der Waals surface area (Å²) in [6.45, 7) is 1.73. The molecule has 19 heavy (non-hydrogen) atoms. The quantitative estimate of drug-likeness (QED) is 0.794. The number of rotatable bonds is 1. The van der Waals surface area contributed by atoms with Crippen LogP contribution in [0.5, 0.6) is 0 Å². The number of amides is 1.